The molecule has 2 rings (SSSR count). The zero-order chi connectivity index (χ0) is 14.0. The third-order valence-corrected chi connectivity index (χ3v) is 4.32. The third kappa shape index (κ3) is 3.69. The summed E-state index contributed by atoms with van der Waals surface area (Å²) in [5.41, 5.74) is 0. The smallest absolute Gasteiger partial charge is 0.320 e. The van der Waals surface area contributed by atoms with Gasteiger partial charge in [0, 0.05) is 19.1 Å². The van der Waals surface area contributed by atoms with Gasteiger partial charge in [0.05, 0.1) is 6.54 Å². The Balaban J connectivity index is 1.90. The highest BCUT2D eigenvalue weighted by molar-refractivity contribution is 5.80. The predicted molar refractivity (Wildman–Crippen MR) is 71.8 cm³/mol. The molecule has 1 atom stereocenters. The average Bonchev–Trinajstić information content (AvgIpc) is 3.19. The number of carbonyl (C=O) groups is 2. The molecule has 5 heteroatoms. The number of amides is 1. The van der Waals surface area contributed by atoms with Crippen LogP contribution in [-0.2, 0) is 9.59 Å². The van der Waals surface area contributed by atoms with Crippen molar-refractivity contribution in [3.05, 3.63) is 0 Å². The number of aliphatic carboxylic acids is 1. The summed E-state index contributed by atoms with van der Waals surface area (Å²) in [6.07, 6.45) is 4.15. The van der Waals surface area contributed by atoms with E-state index in [2.05, 4.69) is 6.92 Å². The lowest BCUT2D eigenvalue weighted by Crippen LogP contribution is -2.49. The molecule has 1 N–H and O–H groups in total. The molecule has 1 amide bonds. The molecule has 0 spiro atoms. The van der Waals surface area contributed by atoms with Crippen molar-refractivity contribution in [2.45, 2.75) is 51.6 Å². The quantitative estimate of drug-likeness (QED) is 0.813. The van der Waals surface area contributed by atoms with Crippen LogP contribution in [0.15, 0.2) is 0 Å². The average molecular weight is 268 g/mol. The van der Waals surface area contributed by atoms with Crippen LogP contribution in [0.3, 0.4) is 0 Å². The molecule has 19 heavy (non-hydrogen) atoms. The van der Waals surface area contributed by atoms with Crippen molar-refractivity contribution in [1.29, 1.82) is 0 Å². The number of carbonyl (C=O) groups excluding carboxylic acids is 1. The zero-order valence-corrected chi connectivity index (χ0v) is 11.8. The van der Waals surface area contributed by atoms with Gasteiger partial charge in [-0.3, -0.25) is 14.5 Å². The van der Waals surface area contributed by atoms with Crippen molar-refractivity contribution < 1.29 is 14.7 Å². The number of likely N-dealkylation sites (tertiary alicyclic amines) is 1. The summed E-state index contributed by atoms with van der Waals surface area (Å²) in [5, 5.41) is 9.12. The van der Waals surface area contributed by atoms with Crippen LogP contribution in [0.1, 0.15) is 39.5 Å². The Labute approximate surface area is 114 Å². The van der Waals surface area contributed by atoms with Gasteiger partial charge in [0.15, 0.2) is 0 Å². The van der Waals surface area contributed by atoms with E-state index in [1.807, 2.05) is 9.80 Å². The highest BCUT2D eigenvalue weighted by Gasteiger charge is 2.37. The number of hydrogen-bond acceptors (Lipinski definition) is 3. The van der Waals surface area contributed by atoms with E-state index in [0.29, 0.717) is 12.0 Å². The van der Waals surface area contributed by atoms with Crippen LogP contribution < -0.4 is 0 Å². The molecule has 2 aliphatic rings. The fourth-order valence-electron chi connectivity index (χ4n) is 2.64. The van der Waals surface area contributed by atoms with E-state index in [-0.39, 0.29) is 12.5 Å². The Morgan fingerprint density at radius 3 is 2.32 bits per heavy atom. The summed E-state index contributed by atoms with van der Waals surface area (Å²) in [6, 6.07) is -0.279. The van der Waals surface area contributed by atoms with Crippen molar-refractivity contribution in [2.75, 3.05) is 19.6 Å². The standard InChI is InChI=1S/C14H24N2O3/c1-10-5-7-15(8-6-10)13(17)9-16(12-3-4-12)11(2)14(18)19/h10-12H,3-9H2,1-2H3,(H,18,19). The van der Waals surface area contributed by atoms with E-state index >= 15 is 0 Å². The van der Waals surface area contributed by atoms with Gasteiger partial charge in [-0.15, -0.1) is 0 Å². The fourth-order valence-corrected chi connectivity index (χ4v) is 2.64. The zero-order valence-electron chi connectivity index (χ0n) is 11.8. The molecule has 108 valence electrons. The number of carboxylic acid groups (broad SMARTS) is 1. The second-order valence-electron chi connectivity index (χ2n) is 5.98. The highest BCUT2D eigenvalue weighted by Crippen LogP contribution is 2.29. The van der Waals surface area contributed by atoms with Gasteiger partial charge in [-0.05, 0) is 38.5 Å². The van der Waals surface area contributed by atoms with Crippen LogP contribution in [0.4, 0.5) is 0 Å². The number of piperidine rings is 1. The normalized spacial score (nSPS) is 22.6. The summed E-state index contributed by atoms with van der Waals surface area (Å²) < 4.78 is 0. The minimum Gasteiger partial charge on any atom is -0.480 e. The molecule has 1 aliphatic carbocycles. The first-order valence-electron chi connectivity index (χ1n) is 7.25. The maximum Gasteiger partial charge on any atom is 0.320 e. The number of hydrogen-bond donors (Lipinski definition) is 1. The second-order valence-corrected chi connectivity index (χ2v) is 5.98. The van der Waals surface area contributed by atoms with Crippen molar-refractivity contribution in [2.24, 2.45) is 5.92 Å². The molecule has 0 aromatic carbocycles. The molecule has 0 aromatic heterocycles. The molecule has 5 nitrogen and oxygen atoms in total. The molecule has 0 aromatic rings. The van der Waals surface area contributed by atoms with E-state index in [9.17, 15) is 9.59 Å². The van der Waals surface area contributed by atoms with Gasteiger partial charge in [-0.1, -0.05) is 6.92 Å². The van der Waals surface area contributed by atoms with Crippen LogP contribution in [-0.4, -0.2) is 58.5 Å². The minimum atomic E-state index is -0.841. The lowest BCUT2D eigenvalue weighted by atomic mass is 9.99. The van der Waals surface area contributed by atoms with E-state index in [4.69, 9.17) is 5.11 Å². The van der Waals surface area contributed by atoms with Gasteiger partial charge in [0.1, 0.15) is 6.04 Å². The molecular formula is C14H24N2O3. The van der Waals surface area contributed by atoms with Crippen LogP contribution in [0.25, 0.3) is 0 Å². The van der Waals surface area contributed by atoms with Crippen LogP contribution in [0.5, 0.6) is 0 Å². The molecule has 1 aliphatic heterocycles. The first-order chi connectivity index (χ1) is 8.99. The Kier molecular flexibility index (Phi) is 4.45. The molecule has 1 unspecified atom stereocenters. The minimum absolute atomic E-state index is 0.0897. The number of rotatable bonds is 5. The van der Waals surface area contributed by atoms with E-state index < -0.39 is 12.0 Å². The van der Waals surface area contributed by atoms with Crippen LogP contribution in [0.2, 0.25) is 0 Å². The lowest BCUT2D eigenvalue weighted by Gasteiger charge is -2.33. The summed E-state index contributed by atoms with van der Waals surface area (Å²) >= 11 is 0. The van der Waals surface area contributed by atoms with Gasteiger partial charge < -0.3 is 10.0 Å². The van der Waals surface area contributed by atoms with Crippen molar-refractivity contribution >= 4 is 11.9 Å². The Bertz CT molecular complexity index is 347. The third-order valence-electron chi connectivity index (χ3n) is 4.32. The summed E-state index contributed by atoms with van der Waals surface area (Å²) in [4.78, 5) is 27.1. The van der Waals surface area contributed by atoms with E-state index in [0.717, 1.165) is 38.8 Å². The maximum atomic E-state index is 12.3. The van der Waals surface area contributed by atoms with Crippen LogP contribution in [0, 0.1) is 5.92 Å². The van der Waals surface area contributed by atoms with Gasteiger partial charge in [0.25, 0.3) is 0 Å². The van der Waals surface area contributed by atoms with Crippen molar-refractivity contribution in [3.63, 3.8) is 0 Å². The molecule has 0 radical (unpaired) electrons. The molecule has 1 heterocycles. The van der Waals surface area contributed by atoms with Crippen LogP contribution >= 0.6 is 0 Å². The first-order valence-corrected chi connectivity index (χ1v) is 7.25. The molecule has 2 fully saturated rings. The van der Waals surface area contributed by atoms with Gasteiger partial charge >= 0.3 is 5.97 Å². The molecule has 1 saturated heterocycles. The van der Waals surface area contributed by atoms with Gasteiger partial charge in [0.2, 0.25) is 5.91 Å². The molecular weight excluding hydrogens is 244 g/mol. The lowest BCUT2D eigenvalue weighted by molar-refractivity contribution is -0.144. The van der Waals surface area contributed by atoms with Crippen molar-refractivity contribution in [3.8, 4) is 0 Å². The molecule has 0 bridgehead atoms. The maximum absolute atomic E-state index is 12.3. The molecule has 1 saturated carbocycles. The second kappa shape index (κ2) is 5.90. The predicted octanol–water partition coefficient (Wildman–Crippen LogP) is 1.18. The monoisotopic (exact) mass is 268 g/mol. The van der Waals surface area contributed by atoms with Crippen molar-refractivity contribution in [1.82, 2.24) is 9.80 Å². The van der Waals surface area contributed by atoms with Gasteiger partial charge in [-0.25, -0.2) is 0 Å². The topological polar surface area (TPSA) is 60.9 Å². The number of nitrogens with zero attached hydrogens (tertiary/aromatic N) is 2. The summed E-state index contributed by atoms with van der Waals surface area (Å²) in [6.45, 7) is 5.78. The number of carboxylic acids is 1. The van der Waals surface area contributed by atoms with Gasteiger partial charge in [-0.2, -0.15) is 0 Å². The van der Waals surface area contributed by atoms with E-state index in [1.165, 1.54) is 0 Å². The fraction of sp³-hybridized carbons (Fsp3) is 0.857. The Morgan fingerprint density at radius 1 is 1.26 bits per heavy atom. The summed E-state index contributed by atoms with van der Waals surface area (Å²) in [5.74, 6) is -0.0552. The largest absolute Gasteiger partial charge is 0.480 e. The first kappa shape index (κ1) is 14.3. The van der Waals surface area contributed by atoms with E-state index in [1.54, 1.807) is 6.92 Å². The Morgan fingerprint density at radius 2 is 1.84 bits per heavy atom. The SMILES string of the molecule is CC1CCN(C(=O)CN(C2CC2)C(C)C(=O)O)CC1. The highest BCUT2D eigenvalue weighted by atomic mass is 16.4. The Hall–Kier alpha value is -1.10. The summed E-state index contributed by atoms with van der Waals surface area (Å²) in [7, 11) is 0.